The number of hydrogen-bond acceptors (Lipinski definition) is 2. The minimum atomic E-state index is -0.360. The van der Waals surface area contributed by atoms with Crippen LogP contribution < -0.4 is 15.4 Å². The summed E-state index contributed by atoms with van der Waals surface area (Å²) in [5.74, 6) is 0.455. The zero-order chi connectivity index (χ0) is 14.4. The second-order valence-corrected chi connectivity index (χ2v) is 4.70. The largest absolute Gasteiger partial charge is 0.472 e. The van der Waals surface area contributed by atoms with E-state index < -0.39 is 0 Å². The Bertz CT molecular complexity index is 591. The predicted molar refractivity (Wildman–Crippen MR) is 80.6 cm³/mol. The van der Waals surface area contributed by atoms with E-state index in [-0.39, 0.29) is 12.8 Å². The summed E-state index contributed by atoms with van der Waals surface area (Å²) in [6.45, 7) is 0.0000191. The van der Waals surface area contributed by atoms with Crippen LogP contribution >= 0.6 is 23.2 Å². The molecule has 0 heterocycles. The van der Waals surface area contributed by atoms with Gasteiger partial charge in [-0.3, -0.25) is 0 Å². The molecule has 0 aliphatic rings. The topological polar surface area (TPSA) is 50.4 Å². The first-order chi connectivity index (χ1) is 9.65. The van der Waals surface area contributed by atoms with Crippen molar-refractivity contribution in [2.75, 3.05) is 12.0 Å². The second-order valence-electron chi connectivity index (χ2n) is 3.86. The quantitative estimate of drug-likeness (QED) is 0.833. The normalized spacial score (nSPS) is 9.90. The third kappa shape index (κ3) is 4.33. The molecule has 2 N–H and O–H groups in total. The van der Waals surface area contributed by atoms with Gasteiger partial charge in [-0.15, -0.1) is 0 Å². The summed E-state index contributed by atoms with van der Waals surface area (Å²) in [7, 11) is 0. The van der Waals surface area contributed by atoms with Crippen molar-refractivity contribution in [1.82, 2.24) is 5.32 Å². The molecule has 0 atom stereocenters. The summed E-state index contributed by atoms with van der Waals surface area (Å²) >= 11 is 11.7. The van der Waals surface area contributed by atoms with Crippen LogP contribution in [-0.2, 0) is 0 Å². The maximum absolute atomic E-state index is 11.6. The van der Waals surface area contributed by atoms with Crippen molar-refractivity contribution in [2.24, 2.45) is 0 Å². The number of rotatable bonds is 4. The van der Waals surface area contributed by atoms with Crippen molar-refractivity contribution in [3.63, 3.8) is 0 Å². The molecular formula is C14H12Cl2N2O2. The molecule has 0 fully saturated rings. The first-order valence-electron chi connectivity index (χ1n) is 5.83. The maximum Gasteiger partial charge on any atom is 0.321 e. The van der Waals surface area contributed by atoms with Crippen molar-refractivity contribution in [2.45, 2.75) is 0 Å². The Labute approximate surface area is 126 Å². The van der Waals surface area contributed by atoms with Crippen LogP contribution in [0, 0.1) is 0 Å². The van der Waals surface area contributed by atoms with Crippen LogP contribution in [-0.4, -0.2) is 12.8 Å². The van der Waals surface area contributed by atoms with E-state index in [1.807, 2.05) is 18.2 Å². The van der Waals surface area contributed by atoms with Crippen LogP contribution in [0.3, 0.4) is 0 Å². The number of carbonyl (C=O) groups excluding carboxylic acids is 1. The number of halogens is 2. The summed E-state index contributed by atoms with van der Waals surface area (Å²) in [5, 5.41) is 6.14. The van der Waals surface area contributed by atoms with E-state index >= 15 is 0 Å². The Morgan fingerprint density at radius 3 is 2.55 bits per heavy atom. The fraction of sp³-hybridized carbons (Fsp3) is 0.0714. The summed E-state index contributed by atoms with van der Waals surface area (Å²) in [5.41, 5.74) is 0.703. The summed E-state index contributed by atoms with van der Waals surface area (Å²) < 4.78 is 5.34. The third-order valence-electron chi connectivity index (χ3n) is 2.39. The molecule has 0 bridgehead atoms. The van der Waals surface area contributed by atoms with E-state index in [1.54, 1.807) is 30.3 Å². The highest BCUT2D eigenvalue weighted by atomic mass is 35.5. The molecule has 0 unspecified atom stereocenters. The number of carbonyl (C=O) groups is 1. The van der Waals surface area contributed by atoms with Crippen LogP contribution in [0.2, 0.25) is 10.0 Å². The average molecular weight is 311 g/mol. The molecule has 2 aromatic carbocycles. The van der Waals surface area contributed by atoms with Gasteiger partial charge < -0.3 is 15.4 Å². The van der Waals surface area contributed by atoms with Crippen LogP contribution in [0.15, 0.2) is 48.5 Å². The summed E-state index contributed by atoms with van der Waals surface area (Å²) in [6, 6.07) is 13.6. The standard InChI is InChI=1S/C14H12Cl2N2O2/c15-10-6-7-13(12(16)8-10)20-9-17-14(19)18-11-4-2-1-3-5-11/h1-8H,9H2,(H2,17,18,19). The number of nitrogens with one attached hydrogen (secondary N) is 2. The van der Waals surface area contributed by atoms with Crippen LogP contribution in [0.4, 0.5) is 10.5 Å². The molecule has 2 amide bonds. The van der Waals surface area contributed by atoms with Gasteiger partial charge in [-0.25, -0.2) is 4.79 Å². The Kier molecular flexibility index (Phi) is 5.09. The molecular weight excluding hydrogens is 299 g/mol. The Morgan fingerprint density at radius 2 is 1.85 bits per heavy atom. The third-order valence-corrected chi connectivity index (χ3v) is 2.92. The molecule has 6 heteroatoms. The van der Waals surface area contributed by atoms with Crippen molar-refractivity contribution < 1.29 is 9.53 Å². The molecule has 0 aromatic heterocycles. The first-order valence-corrected chi connectivity index (χ1v) is 6.58. The highest BCUT2D eigenvalue weighted by Gasteiger charge is 2.04. The van der Waals surface area contributed by atoms with Crippen LogP contribution in [0.1, 0.15) is 0 Å². The molecule has 2 aromatic rings. The van der Waals surface area contributed by atoms with Crippen LogP contribution in [0.25, 0.3) is 0 Å². The van der Waals surface area contributed by atoms with Gasteiger partial charge in [-0.1, -0.05) is 41.4 Å². The Balaban J connectivity index is 1.79. The fourth-order valence-corrected chi connectivity index (χ4v) is 1.93. The monoisotopic (exact) mass is 310 g/mol. The molecule has 0 saturated heterocycles. The number of benzene rings is 2. The van der Waals surface area contributed by atoms with Gasteiger partial charge in [-0.05, 0) is 30.3 Å². The lowest BCUT2D eigenvalue weighted by molar-refractivity contribution is 0.234. The number of amides is 2. The lowest BCUT2D eigenvalue weighted by Crippen LogP contribution is -2.32. The van der Waals surface area contributed by atoms with Crippen molar-refractivity contribution in [3.8, 4) is 5.75 Å². The van der Waals surface area contributed by atoms with E-state index in [1.165, 1.54) is 0 Å². The smallest absolute Gasteiger partial charge is 0.321 e. The number of anilines is 1. The lowest BCUT2D eigenvalue weighted by Gasteiger charge is -2.10. The molecule has 0 aliphatic carbocycles. The molecule has 0 aliphatic heterocycles. The molecule has 0 radical (unpaired) electrons. The number of ether oxygens (including phenoxy) is 1. The van der Waals surface area contributed by atoms with Gasteiger partial charge in [0.1, 0.15) is 5.75 Å². The van der Waals surface area contributed by atoms with Gasteiger partial charge >= 0.3 is 6.03 Å². The van der Waals surface area contributed by atoms with Crippen molar-refractivity contribution in [1.29, 1.82) is 0 Å². The fourth-order valence-electron chi connectivity index (χ4n) is 1.47. The number of para-hydroxylation sites is 1. The predicted octanol–water partition coefficient (Wildman–Crippen LogP) is 4.15. The number of urea groups is 1. The molecule has 104 valence electrons. The van der Waals surface area contributed by atoms with Gasteiger partial charge in [0.05, 0.1) is 5.02 Å². The SMILES string of the molecule is O=C(NCOc1ccc(Cl)cc1Cl)Nc1ccccc1. The average Bonchev–Trinajstić information content (AvgIpc) is 2.42. The van der Waals surface area contributed by atoms with Crippen molar-refractivity contribution >= 4 is 34.9 Å². The van der Waals surface area contributed by atoms with Gasteiger partial charge in [0.25, 0.3) is 0 Å². The van der Waals surface area contributed by atoms with Gasteiger partial charge in [0.2, 0.25) is 0 Å². The minimum absolute atomic E-state index is 0.0000191. The van der Waals surface area contributed by atoms with Gasteiger partial charge in [-0.2, -0.15) is 0 Å². The molecule has 20 heavy (non-hydrogen) atoms. The van der Waals surface area contributed by atoms with Crippen molar-refractivity contribution in [3.05, 3.63) is 58.6 Å². The van der Waals surface area contributed by atoms with E-state index in [0.717, 1.165) is 0 Å². The zero-order valence-corrected chi connectivity index (χ0v) is 11.9. The van der Waals surface area contributed by atoms with Gasteiger partial charge in [0.15, 0.2) is 6.73 Å². The highest BCUT2D eigenvalue weighted by molar-refractivity contribution is 6.35. The maximum atomic E-state index is 11.6. The highest BCUT2D eigenvalue weighted by Crippen LogP contribution is 2.27. The van der Waals surface area contributed by atoms with E-state index in [4.69, 9.17) is 27.9 Å². The molecule has 0 saturated carbocycles. The van der Waals surface area contributed by atoms with Crippen LogP contribution in [0.5, 0.6) is 5.75 Å². The molecule has 0 spiro atoms. The van der Waals surface area contributed by atoms with Gasteiger partial charge in [0, 0.05) is 10.7 Å². The molecule has 2 rings (SSSR count). The second kappa shape index (κ2) is 7.03. The van der Waals surface area contributed by atoms with E-state index in [2.05, 4.69) is 10.6 Å². The summed E-state index contributed by atoms with van der Waals surface area (Å²) in [4.78, 5) is 11.6. The Hall–Kier alpha value is -1.91. The Morgan fingerprint density at radius 1 is 1.10 bits per heavy atom. The first kappa shape index (κ1) is 14.5. The zero-order valence-electron chi connectivity index (χ0n) is 10.4. The molecule has 4 nitrogen and oxygen atoms in total. The minimum Gasteiger partial charge on any atom is -0.472 e. The lowest BCUT2D eigenvalue weighted by atomic mass is 10.3. The van der Waals surface area contributed by atoms with E-state index in [0.29, 0.717) is 21.5 Å². The summed E-state index contributed by atoms with van der Waals surface area (Å²) in [6.07, 6.45) is 0. The van der Waals surface area contributed by atoms with E-state index in [9.17, 15) is 4.79 Å². The number of hydrogen-bond donors (Lipinski definition) is 2.